The lowest BCUT2D eigenvalue weighted by molar-refractivity contribution is 0.533. The summed E-state index contributed by atoms with van der Waals surface area (Å²) in [6.07, 6.45) is 5.18. The van der Waals surface area contributed by atoms with Gasteiger partial charge in [-0.25, -0.2) is 15.0 Å². The lowest BCUT2D eigenvalue weighted by Crippen LogP contribution is -2.18. The molecule has 2 aromatic rings. The lowest BCUT2D eigenvalue weighted by atomic mass is 9.96. The molecular weight excluding hydrogens is 164 g/mol. The molecule has 0 N–H and O–H groups in total. The third kappa shape index (κ3) is 1.28. The van der Waals surface area contributed by atoms with Crippen molar-refractivity contribution in [2.45, 2.75) is 26.2 Å². The Labute approximate surface area is 76.7 Å². The molecule has 0 radical (unpaired) electrons. The van der Waals surface area contributed by atoms with Crippen LogP contribution in [-0.4, -0.2) is 19.4 Å². The fraction of sp³-hybridized carbons (Fsp3) is 0.444. The second-order valence-corrected chi connectivity index (χ2v) is 4.04. The molecule has 2 aromatic heterocycles. The molecule has 4 nitrogen and oxygen atoms in total. The van der Waals surface area contributed by atoms with Crippen LogP contribution in [0.2, 0.25) is 0 Å². The highest BCUT2D eigenvalue weighted by molar-refractivity contribution is 5.28. The lowest BCUT2D eigenvalue weighted by Gasteiger charge is -2.17. The molecular formula is C9H12N4. The van der Waals surface area contributed by atoms with Gasteiger partial charge in [-0.3, -0.25) is 4.40 Å². The Bertz CT molecular complexity index is 424. The van der Waals surface area contributed by atoms with Crippen molar-refractivity contribution in [2.24, 2.45) is 0 Å². The first kappa shape index (κ1) is 8.16. The Hall–Kier alpha value is -1.45. The summed E-state index contributed by atoms with van der Waals surface area (Å²) in [7, 11) is 0. The van der Waals surface area contributed by atoms with Crippen molar-refractivity contribution >= 4 is 5.78 Å². The van der Waals surface area contributed by atoms with Gasteiger partial charge in [-0.1, -0.05) is 20.8 Å². The van der Waals surface area contributed by atoms with Crippen molar-refractivity contribution in [3.8, 4) is 0 Å². The Morgan fingerprint density at radius 1 is 1.15 bits per heavy atom. The van der Waals surface area contributed by atoms with Gasteiger partial charge in [-0.05, 0) is 0 Å². The van der Waals surface area contributed by atoms with Crippen LogP contribution < -0.4 is 0 Å². The SMILES string of the molecule is CC(C)(C)c1ncnc2nccn12. The quantitative estimate of drug-likeness (QED) is 0.609. The number of imidazole rings is 1. The fourth-order valence-corrected chi connectivity index (χ4v) is 1.31. The zero-order valence-corrected chi connectivity index (χ0v) is 8.02. The summed E-state index contributed by atoms with van der Waals surface area (Å²) in [6, 6.07) is 0. The van der Waals surface area contributed by atoms with Crippen molar-refractivity contribution in [2.75, 3.05) is 0 Å². The van der Waals surface area contributed by atoms with E-state index in [1.54, 1.807) is 12.5 Å². The highest BCUT2D eigenvalue weighted by atomic mass is 15.1. The minimum absolute atomic E-state index is 0.0158. The van der Waals surface area contributed by atoms with E-state index in [0.717, 1.165) is 5.82 Å². The van der Waals surface area contributed by atoms with Gasteiger partial charge in [0.15, 0.2) is 0 Å². The van der Waals surface area contributed by atoms with Gasteiger partial charge >= 0.3 is 0 Å². The maximum atomic E-state index is 4.26. The summed E-state index contributed by atoms with van der Waals surface area (Å²) >= 11 is 0. The molecule has 0 fully saturated rings. The molecule has 4 heteroatoms. The van der Waals surface area contributed by atoms with Crippen molar-refractivity contribution < 1.29 is 0 Å². The van der Waals surface area contributed by atoms with Crippen LogP contribution in [0.4, 0.5) is 0 Å². The predicted octanol–water partition coefficient (Wildman–Crippen LogP) is 1.42. The molecule has 0 unspecified atom stereocenters. The standard InChI is InChI=1S/C9H12N4/c1-9(2,3)7-11-6-12-8-10-4-5-13(7)8/h4-6H,1-3H3. The molecule has 0 atom stereocenters. The molecule has 2 heterocycles. The third-order valence-electron chi connectivity index (χ3n) is 1.87. The fourth-order valence-electron chi connectivity index (χ4n) is 1.31. The summed E-state index contributed by atoms with van der Waals surface area (Å²) in [4.78, 5) is 12.4. The predicted molar refractivity (Wildman–Crippen MR) is 49.5 cm³/mol. The summed E-state index contributed by atoms with van der Waals surface area (Å²) in [5, 5.41) is 0. The summed E-state index contributed by atoms with van der Waals surface area (Å²) in [5.74, 6) is 1.69. The largest absolute Gasteiger partial charge is 0.271 e. The normalized spacial score (nSPS) is 12.2. The van der Waals surface area contributed by atoms with Crippen LogP contribution in [0.5, 0.6) is 0 Å². The molecule has 0 spiro atoms. The average molecular weight is 176 g/mol. The van der Waals surface area contributed by atoms with Gasteiger partial charge in [0.1, 0.15) is 12.2 Å². The second-order valence-electron chi connectivity index (χ2n) is 4.04. The average Bonchev–Trinajstić information content (AvgIpc) is 2.48. The van der Waals surface area contributed by atoms with E-state index in [1.807, 2.05) is 10.6 Å². The van der Waals surface area contributed by atoms with Gasteiger partial charge in [0, 0.05) is 17.8 Å². The second kappa shape index (κ2) is 2.52. The van der Waals surface area contributed by atoms with E-state index >= 15 is 0 Å². The molecule has 68 valence electrons. The highest BCUT2D eigenvalue weighted by Crippen LogP contribution is 2.19. The molecule has 0 aliphatic rings. The minimum atomic E-state index is 0.0158. The molecule has 13 heavy (non-hydrogen) atoms. The van der Waals surface area contributed by atoms with E-state index in [-0.39, 0.29) is 5.41 Å². The van der Waals surface area contributed by atoms with Crippen molar-refractivity contribution in [3.05, 3.63) is 24.5 Å². The van der Waals surface area contributed by atoms with Crippen LogP contribution in [0.1, 0.15) is 26.6 Å². The first-order valence-electron chi connectivity index (χ1n) is 4.23. The first-order valence-corrected chi connectivity index (χ1v) is 4.23. The summed E-state index contributed by atoms with van der Waals surface area (Å²) < 4.78 is 1.92. The number of hydrogen-bond acceptors (Lipinski definition) is 3. The number of fused-ring (bicyclic) bond motifs is 1. The van der Waals surface area contributed by atoms with Crippen LogP contribution in [-0.2, 0) is 5.41 Å². The molecule has 2 rings (SSSR count). The van der Waals surface area contributed by atoms with Gasteiger partial charge in [-0.15, -0.1) is 0 Å². The van der Waals surface area contributed by atoms with Crippen molar-refractivity contribution in [1.29, 1.82) is 0 Å². The van der Waals surface area contributed by atoms with Crippen LogP contribution in [0.25, 0.3) is 5.78 Å². The maximum absolute atomic E-state index is 4.26. The van der Waals surface area contributed by atoms with Gasteiger partial charge in [0.25, 0.3) is 0 Å². The van der Waals surface area contributed by atoms with E-state index in [0.29, 0.717) is 5.78 Å². The maximum Gasteiger partial charge on any atom is 0.236 e. The number of aromatic nitrogens is 4. The van der Waals surface area contributed by atoms with Crippen molar-refractivity contribution in [3.63, 3.8) is 0 Å². The molecule has 0 aliphatic heterocycles. The van der Waals surface area contributed by atoms with Gasteiger partial charge in [0.05, 0.1) is 0 Å². The van der Waals surface area contributed by atoms with Gasteiger partial charge in [-0.2, -0.15) is 0 Å². The number of rotatable bonds is 0. The highest BCUT2D eigenvalue weighted by Gasteiger charge is 2.18. The molecule has 0 amide bonds. The number of nitrogens with zero attached hydrogens (tertiary/aromatic N) is 4. The molecule has 0 aliphatic carbocycles. The molecule has 0 saturated carbocycles. The zero-order chi connectivity index (χ0) is 9.47. The monoisotopic (exact) mass is 176 g/mol. The minimum Gasteiger partial charge on any atom is -0.271 e. The Morgan fingerprint density at radius 2 is 1.92 bits per heavy atom. The zero-order valence-electron chi connectivity index (χ0n) is 8.02. The third-order valence-corrected chi connectivity index (χ3v) is 1.87. The van der Waals surface area contributed by atoms with E-state index in [2.05, 4.69) is 35.7 Å². The Balaban J connectivity index is 2.75. The topological polar surface area (TPSA) is 43.1 Å². The van der Waals surface area contributed by atoms with Crippen LogP contribution in [0.3, 0.4) is 0 Å². The van der Waals surface area contributed by atoms with Crippen molar-refractivity contribution in [1.82, 2.24) is 19.4 Å². The van der Waals surface area contributed by atoms with E-state index in [4.69, 9.17) is 0 Å². The van der Waals surface area contributed by atoms with E-state index in [9.17, 15) is 0 Å². The Morgan fingerprint density at radius 3 is 2.62 bits per heavy atom. The van der Waals surface area contributed by atoms with E-state index < -0.39 is 0 Å². The Kier molecular flexibility index (Phi) is 1.58. The van der Waals surface area contributed by atoms with E-state index in [1.165, 1.54) is 0 Å². The van der Waals surface area contributed by atoms with Crippen LogP contribution in [0.15, 0.2) is 18.7 Å². The number of hydrogen-bond donors (Lipinski definition) is 0. The van der Waals surface area contributed by atoms with Gasteiger partial charge in [0.2, 0.25) is 5.78 Å². The molecule has 0 saturated heterocycles. The first-order chi connectivity index (χ1) is 6.09. The summed E-state index contributed by atoms with van der Waals surface area (Å²) in [6.45, 7) is 6.36. The van der Waals surface area contributed by atoms with Gasteiger partial charge < -0.3 is 0 Å². The summed E-state index contributed by atoms with van der Waals surface area (Å²) in [5.41, 5.74) is 0.0158. The smallest absolute Gasteiger partial charge is 0.236 e. The van der Waals surface area contributed by atoms with Crippen LogP contribution in [0, 0.1) is 0 Å². The van der Waals surface area contributed by atoms with Crippen LogP contribution >= 0.6 is 0 Å². The molecule has 0 aromatic carbocycles. The molecule has 0 bridgehead atoms.